The molecule has 3 rings (SSSR count). The molecule has 6 nitrogen and oxygen atoms in total. The number of nitrogens with one attached hydrogen (secondary N) is 1. The van der Waals surface area contributed by atoms with Gasteiger partial charge in [0.1, 0.15) is 0 Å². The number of aryl methyl sites for hydroxylation is 3. The highest BCUT2D eigenvalue weighted by Crippen LogP contribution is 2.32. The number of rotatable bonds is 5. The molecule has 2 N–H and O–H groups in total. The van der Waals surface area contributed by atoms with Gasteiger partial charge in [0.15, 0.2) is 5.16 Å². The van der Waals surface area contributed by atoms with Crippen LogP contribution in [0.4, 0.5) is 5.69 Å². The molecule has 0 unspecified atom stereocenters. The third kappa shape index (κ3) is 4.53. The summed E-state index contributed by atoms with van der Waals surface area (Å²) in [5.41, 5.74) is 3.75. The third-order valence-corrected chi connectivity index (χ3v) is 5.82. The fraction of sp³-hybridized carbons (Fsp3) is 0.450. The molecule has 0 atom stereocenters. The Kier molecular flexibility index (Phi) is 5.89. The first-order chi connectivity index (χ1) is 12.8. The third-order valence-electron chi connectivity index (χ3n) is 4.87. The van der Waals surface area contributed by atoms with Gasteiger partial charge in [-0.1, -0.05) is 42.3 Å². The van der Waals surface area contributed by atoms with Crippen molar-refractivity contribution in [2.45, 2.75) is 57.7 Å². The molecule has 1 saturated carbocycles. The number of aromatic nitrogens is 2. The number of amides is 1. The van der Waals surface area contributed by atoms with Crippen LogP contribution in [0, 0.1) is 20.8 Å². The molecule has 0 saturated heterocycles. The van der Waals surface area contributed by atoms with Gasteiger partial charge in [0.25, 0.3) is 5.56 Å². The van der Waals surface area contributed by atoms with Gasteiger partial charge in [-0.25, -0.2) is 0 Å². The fourth-order valence-corrected chi connectivity index (χ4v) is 4.61. The minimum Gasteiger partial charge on any atom is -0.493 e. The number of hydrogen-bond donors (Lipinski definition) is 2. The molecule has 1 aliphatic rings. The summed E-state index contributed by atoms with van der Waals surface area (Å²) in [7, 11) is 0. The molecule has 1 aliphatic carbocycles. The van der Waals surface area contributed by atoms with Crippen molar-refractivity contribution in [3.8, 4) is 5.88 Å². The van der Waals surface area contributed by atoms with Crippen LogP contribution in [0.5, 0.6) is 5.88 Å². The van der Waals surface area contributed by atoms with E-state index in [1.165, 1.54) is 11.8 Å². The van der Waals surface area contributed by atoms with Gasteiger partial charge in [-0.05, 0) is 44.7 Å². The summed E-state index contributed by atoms with van der Waals surface area (Å²) in [5, 5.41) is 13.1. The monoisotopic (exact) mass is 387 g/mol. The highest BCUT2D eigenvalue weighted by Gasteiger charge is 2.22. The maximum absolute atomic E-state index is 12.5. The topological polar surface area (TPSA) is 84.2 Å². The van der Waals surface area contributed by atoms with Gasteiger partial charge in [-0.15, -0.1) is 0 Å². The van der Waals surface area contributed by atoms with Crippen molar-refractivity contribution in [1.82, 2.24) is 9.55 Å². The number of aromatic hydroxyl groups is 1. The number of thioether (sulfide) groups is 1. The van der Waals surface area contributed by atoms with Crippen molar-refractivity contribution in [1.29, 1.82) is 0 Å². The number of carbonyl (C=O) groups is 1. The second kappa shape index (κ2) is 8.17. The van der Waals surface area contributed by atoms with E-state index in [0.29, 0.717) is 5.16 Å². The highest BCUT2D eigenvalue weighted by molar-refractivity contribution is 7.99. The summed E-state index contributed by atoms with van der Waals surface area (Å²) in [6, 6.07) is 5.30. The van der Waals surface area contributed by atoms with Gasteiger partial charge >= 0.3 is 0 Å². The average molecular weight is 388 g/mol. The van der Waals surface area contributed by atoms with Crippen molar-refractivity contribution in [3.63, 3.8) is 0 Å². The summed E-state index contributed by atoms with van der Waals surface area (Å²) in [6.45, 7) is 5.96. The lowest BCUT2D eigenvalue weighted by molar-refractivity contribution is -0.113. The van der Waals surface area contributed by atoms with Crippen LogP contribution in [0.3, 0.4) is 0 Å². The number of hydrogen-bond acceptors (Lipinski definition) is 5. The summed E-state index contributed by atoms with van der Waals surface area (Å²) in [6.07, 6.45) is 4.00. The standard InChI is InChI=1S/C20H25N3O3S/c1-12-8-13(2)19(14(3)9-12)21-17(25)11-27-20-22-16(24)10-18(26)23(20)15-6-4-5-7-15/h8-10,15,24H,4-7,11H2,1-3H3,(H,21,25). The van der Waals surface area contributed by atoms with Crippen LogP contribution in [0.2, 0.25) is 0 Å². The molecule has 2 aromatic rings. The van der Waals surface area contributed by atoms with Gasteiger partial charge in [0.05, 0.1) is 11.8 Å². The van der Waals surface area contributed by atoms with Crippen LogP contribution in [0.25, 0.3) is 0 Å². The molecule has 0 radical (unpaired) electrons. The Bertz CT molecular complexity index is 894. The predicted molar refractivity (Wildman–Crippen MR) is 108 cm³/mol. The Morgan fingerprint density at radius 3 is 2.48 bits per heavy atom. The Labute approximate surface area is 163 Å². The van der Waals surface area contributed by atoms with E-state index >= 15 is 0 Å². The van der Waals surface area contributed by atoms with Crippen LogP contribution >= 0.6 is 11.8 Å². The van der Waals surface area contributed by atoms with Crippen LogP contribution in [-0.4, -0.2) is 26.3 Å². The van der Waals surface area contributed by atoms with Crippen molar-refractivity contribution in [3.05, 3.63) is 45.2 Å². The second-order valence-corrected chi connectivity index (χ2v) is 8.10. The van der Waals surface area contributed by atoms with Crippen LogP contribution in [0.15, 0.2) is 28.2 Å². The number of benzene rings is 1. The second-order valence-electron chi connectivity index (χ2n) is 7.15. The lowest BCUT2D eigenvalue weighted by Crippen LogP contribution is -2.26. The maximum atomic E-state index is 12.5. The highest BCUT2D eigenvalue weighted by atomic mass is 32.2. The first-order valence-corrected chi connectivity index (χ1v) is 10.2. The zero-order chi connectivity index (χ0) is 19.6. The van der Waals surface area contributed by atoms with Gasteiger partial charge in [0.2, 0.25) is 11.8 Å². The van der Waals surface area contributed by atoms with E-state index in [1.54, 1.807) is 4.57 Å². The summed E-state index contributed by atoms with van der Waals surface area (Å²) in [5.74, 6) is -0.344. The quantitative estimate of drug-likeness (QED) is 0.603. The van der Waals surface area contributed by atoms with E-state index in [-0.39, 0.29) is 29.1 Å². The van der Waals surface area contributed by atoms with Gasteiger partial charge < -0.3 is 10.4 Å². The van der Waals surface area contributed by atoms with E-state index in [4.69, 9.17) is 0 Å². The molecule has 1 aromatic heterocycles. The smallest absolute Gasteiger partial charge is 0.258 e. The molecule has 7 heteroatoms. The van der Waals surface area contributed by atoms with Gasteiger partial charge in [0, 0.05) is 11.7 Å². The summed E-state index contributed by atoms with van der Waals surface area (Å²) < 4.78 is 1.63. The van der Waals surface area contributed by atoms with E-state index in [1.807, 2.05) is 32.9 Å². The van der Waals surface area contributed by atoms with Crippen LogP contribution in [0.1, 0.15) is 48.4 Å². The molecule has 1 aromatic carbocycles. The molecule has 1 heterocycles. The summed E-state index contributed by atoms with van der Waals surface area (Å²) in [4.78, 5) is 28.9. The Morgan fingerprint density at radius 1 is 1.22 bits per heavy atom. The van der Waals surface area contributed by atoms with Crippen molar-refractivity contribution < 1.29 is 9.90 Å². The maximum Gasteiger partial charge on any atom is 0.258 e. The lowest BCUT2D eigenvalue weighted by atomic mass is 10.1. The van der Waals surface area contributed by atoms with E-state index in [0.717, 1.165) is 54.1 Å². The van der Waals surface area contributed by atoms with Gasteiger partial charge in [-0.3, -0.25) is 14.2 Å². The molecule has 1 fully saturated rings. The van der Waals surface area contributed by atoms with Crippen molar-refractivity contribution in [2.75, 3.05) is 11.1 Å². The summed E-state index contributed by atoms with van der Waals surface area (Å²) >= 11 is 1.18. The Morgan fingerprint density at radius 2 is 1.85 bits per heavy atom. The molecular weight excluding hydrogens is 362 g/mol. The molecule has 0 bridgehead atoms. The zero-order valence-corrected chi connectivity index (χ0v) is 16.7. The number of carbonyl (C=O) groups excluding carboxylic acids is 1. The lowest BCUT2D eigenvalue weighted by Gasteiger charge is -2.17. The predicted octanol–water partition coefficient (Wildman–Crippen LogP) is 3.72. The van der Waals surface area contributed by atoms with Crippen molar-refractivity contribution in [2.24, 2.45) is 0 Å². The molecule has 144 valence electrons. The molecule has 27 heavy (non-hydrogen) atoms. The fourth-order valence-electron chi connectivity index (χ4n) is 3.74. The Balaban J connectivity index is 1.75. The minimum absolute atomic E-state index is 0.0951. The molecule has 0 spiro atoms. The van der Waals surface area contributed by atoms with E-state index < -0.39 is 0 Å². The van der Waals surface area contributed by atoms with Crippen molar-refractivity contribution >= 4 is 23.4 Å². The number of anilines is 1. The first-order valence-electron chi connectivity index (χ1n) is 9.18. The minimum atomic E-state index is -0.303. The number of nitrogens with zero attached hydrogens (tertiary/aromatic N) is 2. The van der Waals surface area contributed by atoms with Crippen LogP contribution < -0.4 is 10.9 Å². The first kappa shape index (κ1) is 19.5. The van der Waals surface area contributed by atoms with Crippen LogP contribution in [-0.2, 0) is 4.79 Å². The Hall–Kier alpha value is -2.28. The SMILES string of the molecule is Cc1cc(C)c(NC(=O)CSc2nc(O)cc(=O)n2C2CCCC2)c(C)c1. The largest absolute Gasteiger partial charge is 0.493 e. The normalized spacial score (nSPS) is 14.5. The van der Waals surface area contributed by atoms with E-state index in [2.05, 4.69) is 10.3 Å². The molecular formula is C20H25N3O3S. The zero-order valence-electron chi connectivity index (χ0n) is 15.9. The molecule has 1 amide bonds. The average Bonchev–Trinajstić information content (AvgIpc) is 3.09. The van der Waals surface area contributed by atoms with Gasteiger partial charge in [-0.2, -0.15) is 4.98 Å². The van der Waals surface area contributed by atoms with E-state index in [9.17, 15) is 14.7 Å². The molecule has 0 aliphatic heterocycles.